The molecule has 0 radical (unpaired) electrons. The predicted octanol–water partition coefficient (Wildman–Crippen LogP) is 6.04. The van der Waals surface area contributed by atoms with Crippen LogP contribution in [0.25, 0.3) is 11.1 Å². The number of nitrogens with one attached hydrogen (secondary N) is 3. The van der Waals surface area contributed by atoms with Crippen molar-refractivity contribution >= 4 is 23.2 Å². The lowest BCUT2D eigenvalue weighted by Crippen LogP contribution is -2.20. The maximum Gasteiger partial charge on any atom is 0.417 e. The third kappa shape index (κ3) is 6.02. The number of halogens is 3. The first-order valence-corrected chi connectivity index (χ1v) is 10.3. The van der Waals surface area contributed by atoms with Crippen molar-refractivity contribution in [1.29, 1.82) is 0 Å². The molecular formula is C24H19F3N6O2. The van der Waals surface area contributed by atoms with Gasteiger partial charge in [-0.05, 0) is 59.7 Å². The highest BCUT2D eigenvalue weighted by Crippen LogP contribution is 2.38. The van der Waals surface area contributed by atoms with Crippen molar-refractivity contribution in [3.8, 4) is 22.8 Å². The van der Waals surface area contributed by atoms with E-state index < -0.39 is 17.8 Å². The Hall–Kier alpha value is -4.67. The molecule has 2 aromatic heterocycles. The van der Waals surface area contributed by atoms with Gasteiger partial charge in [0, 0.05) is 36.9 Å². The first-order valence-electron chi connectivity index (χ1n) is 10.3. The van der Waals surface area contributed by atoms with Crippen molar-refractivity contribution < 1.29 is 22.7 Å². The fraction of sp³-hybridized carbons (Fsp3) is 0.0833. The number of pyridine rings is 1. The summed E-state index contributed by atoms with van der Waals surface area (Å²) in [7, 11) is 1.72. The second kappa shape index (κ2) is 10.1. The Morgan fingerprint density at radius 2 is 1.57 bits per heavy atom. The number of rotatable bonds is 6. The van der Waals surface area contributed by atoms with Gasteiger partial charge in [-0.2, -0.15) is 13.2 Å². The number of carbonyl (C=O) groups excluding carboxylic acids is 1. The van der Waals surface area contributed by atoms with Gasteiger partial charge >= 0.3 is 12.2 Å². The van der Waals surface area contributed by atoms with E-state index in [2.05, 4.69) is 30.9 Å². The molecule has 0 bridgehead atoms. The monoisotopic (exact) mass is 480 g/mol. The zero-order valence-corrected chi connectivity index (χ0v) is 18.3. The molecule has 0 aliphatic heterocycles. The molecule has 0 atom stereocenters. The minimum absolute atomic E-state index is 0.00307. The van der Waals surface area contributed by atoms with E-state index in [1.54, 1.807) is 37.4 Å². The Morgan fingerprint density at radius 1 is 0.886 bits per heavy atom. The minimum atomic E-state index is -4.61. The van der Waals surface area contributed by atoms with Gasteiger partial charge in [-0.3, -0.25) is 4.98 Å². The van der Waals surface area contributed by atoms with Crippen molar-refractivity contribution in [3.63, 3.8) is 0 Å². The Labute approximate surface area is 198 Å². The first-order chi connectivity index (χ1) is 16.8. The summed E-state index contributed by atoms with van der Waals surface area (Å²) in [6.07, 6.45) is -0.424. The van der Waals surface area contributed by atoms with Crippen LogP contribution >= 0.6 is 0 Å². The number of anilines is 3. The van der Waals surface area contributed by atoms with Crippen LogP contribution in [0.2, 0.25) is 0 Å². The van der Waals surface area contributed by atoms with Crippen LogP contribution < -0.4 is 20.7 Å². The summed E-state index contributed by atoms with van der Waals surface area (Å²) in [5.41, 5.74) is -0.0921. The van der Waals surface area contributed by atoms with Crippen LogP contribution in [0.1, 0.15) is 5.56 Å². The molecule has 0 aliphatic rings. The molecule has 11 heteroatoms. The minimum Gasteiger partial charge on any atom is -0.439 e. The highest BCUT2D eigenvalue weighted by molar-refractivity contribution is 6.00. The van der Waals surface area contributed by atoms with Crippen LogP contribution in [0, 0.1) is 0 Å². The number of nitrogens with zero attached hydrogens (tertiary/aromatic N) is 3. The molecule has 0 unspecified atom stereocenters. The summed E-state index contributed by atoms with van der Waals surface area (Å²) in [5, 5.41) is 7.88. The SMILES string of the molecule is CNc1cc(Oc2ccc(NC(=O)Nc3ccc(-c4ccncc4)c(C(F)(F)F)c3)cc2)ncn1. The highest BCUT2D eigenvalue weighted by Gasteiger charge is 2.34. The second-order valence-corrected chi connectivity index (χ2v) is 7.19. The third-order valence-corrected chi connectivity index (χ3v) is 4.81. The smallest absolute Gasteiger partial charge is 0.417 e. The van der Waals surface area contributed by atoms with Crippen molar-refractivity contribution in [1.82, 2.24) is 15.0 Å². The standard InChI is InChI=1S/C24H19F3N6O2/c1-28-21-13-22(31-14-30-21)35-18-5-2-16(3-6-18)32-23(34)33-17-4-7-19(15-8-10-29-11-9-15)20(12-17)24(25,26)27/h2-14H,1H3,(H,28,30,31)(H2,32,33,34). The largest absolute Gasteiger partial charge is 0.439 e. The first kappa shape index (κ1) is 23.5. The summed E-state index contributed by atoms with van der Waals surface area (Å²) in [5.74, 6) is 1.39. The molecule has 178 valence electrons. The van der Waals surface area contributed by atoms with Gasteiger partial charge < -0.3 is 20.7 Å². The van der Waals surface area contributed by atoms with Gasteiger partial charge in [-0.15, -0.1) is 0 Å². The zero-order valence-electron chi connectivity index (χ0n) is 18.3. The lowest BCUT2D eigenvalue weighted by molar-refractivity contribution is -0.137. The van der Waals surface area contributed by atoms with Crippen LogP contribution in [0.15, 0.2) is 79.4 Å². The van der Waals surface area contributed by atoms with Gasteiger partial charge in [0.25, 0.3) is 0 Å². The number of aromatic nitrogens is 3. The molecule has 8 nitrogen and oxygen atoms in total. The van der Waals surface area contributed by atoms with Crippen LogP contribution in [0.4, 0.5) is 35.2 Å². The van der Waals surface area contributed by atoms with Crippen molar-refractivity contribution in [2.45, 2.75) is 6.18 Å². The summed E-state index contributed by atoms with van der Waals surface area (Å²) >= 11 is 0. The third-order valence-electron chi connectivity index (χ3n) is 4.81. The summed E-state index contributed by atoms with van der Waals surface area (Å²) in [4.78, 5) is 24.2. The summed E-state index contributed by atoms with van der Waals surface area (Å²) < 4.78 is 46.6. The maximum absolute atomic E-state index is 13.7. The van der Waals surface area contributed by atoms with E-state index in [0.29, 0.717) is 28.7 Å². The van der Waals surface area contributed by atoms with Crippen molar-refractivity contribution in [2.24, 2.45) is 0 Å². The molecule has 0 spiro atoms. The molecule has 35 heavy (non-hydrogen) atoms. The number of hydrogen-bond acceptors (Lipinski definition) is 6. The van der Waals surface area contributed by atoms with E-state index in [4.69, 9.17) is 4.74 Å². The van der Waals surface area contributed by atoms with Crippen LogP contribution in [-0.4, -0.2) is 28.0 Å². The Bertz CT molecular complexity index is 1320. The molecular weight excluding hydrogens is 461 g/mol. The fourth-order valence-corrected chi connectivity index (χ4v) is 3.19. The number of alkyl halides is 3. The van der Waals surface area contributed by atoms with Gasteiger partial charge in [0.15, 0.2) is 0 Å². The zero-order chi connectivity index (χ0) is 24.8. The van der Waals surface area contributed by atoms with Gasteiger partial charge in [-0.1, -0.05) is 6.07 Å². The van der Waals surface area contributed by atoms with E-state index in [1.807, 2.05) is 0 Å². The van der Waals surface area contributed by atoms with Gasteiger partial charge in [-0.25, -0.2) is 14.8 Å². The van der Waals surface area contributed by atoms with E-state index in [-0.39, 0.29) is 11.3 Å². The normalized spacial score (nSPS) is 11.0. The second-order valence-electron chi connectivity index (χ2n) is 7.19. The van der Waals surface area contributed by atoms with Crippen LogP contribution in [-0.2, 0) is 6.18 Å². The van der Waals surface area contributed by atoms with E-state index in [9.17, 15) is 18.0 Å². The van der Waals surface area contributed by atoms with E-state index in [1.165, 1.54) is 43.0 Å². The number of urea groups is 1. The molecule has 3 N–H and O–H groups in total. The highest BCUT2D eigenvalue weighted by atomic mass is 19.4. The van der Waals surface area contributed by atoms with E-state index >= 15 is 0 Å². The predicted molar refractivity (Wildman–Crippen MR) is 125 cm³/mol. The number of ether oxygens (including phenoxy) is 1. The lowest BCUT2D eigenvalue weighted by atomic mass is 9.99. The topological polar surface area (TPSA) is 101 Å². The average molecular weight is 480 g/mol. The molecule has 2 amide bonds. The lowest BCUT2D eigenvalue weighted by Gasteiger charge is -2.15. The van der Waals surface area contributed by atoms with Crippen molar-refractivity contribution in [3.05, 3.63) is 84.9 Å². The van der Waals surface area contributed by atoms with Gasteiger partial charge in [0.2, 0.25) is 5.88 Å². The van der Waals surface area contributed by atoms with E-state index in [0.717, 1.165) is 6.07 Å². The number of amides is 2. The molecule has 0 saturated carbocycles. The van der Waals surface area contributed by atoms with Crippen LogP contribution in [0.3, 0.4) is 0 Å². The maximum atomic E-state index is 13.7. The average Bonchev–Trinajstić information content (AvgIpc) is 2.85. The number of benzene rings is 2. The fourth-order valence-electron chi connectivity index (χ4n) is 3.19. The molecule has 0 fully saturated rings. The number of carbonyl (C=O) groups is 1. The van der Waals surface area contributed by atoms with Crippen LogP contribution in [0.5, 0.6) is 11.6 Å². The quantitative estimate of drug-likeness (QED) is 0.311. The molecule has 4 aromatic rings. The molecule has 4 rings (SSSR count). The molecule has 0 saturated heterocycles. The summed E-state index contributed by atoms with van der Waals surface area (Å²) in [6.45, 7) is 0. The molecule has 2 aromatic carbocycles. The van der Waals surface area contributed by atoms with Crippen molar-refractivity contribution in [2.75, 3.05) is 23.0 Å². The Morgan fingerprint density at radius 3 is 2.26 bits per heavy atom. The van der Waals surface area contributed by atoms with Gasteiger partial charge in [0.1, 0.15) is 17.9 Å². The summed E-state index contributed by atoms with van der Waals surface area (Å²) in [6, 6.07) is 13.9. The Kier molecular flexibility index (Phi) is 6.76. The Balaban J connectivity index is 1.43. The van der Waals surface area contributed by atoms with Gasteiger partial charge in [0.05, 0.1) is 5.56 Å². The molecule has 2 heterocycles. The number of hydrogen-bond donors (Lipinski definition) is 3. The molecule has 0 aliphatic carbocycles.